The Labute approximate surface area is 190 Å². The quantitative estimate of drug-likeness (QED) is 0.644. The average molecular weight is 442 g/mol. The zero-order chi connectivity index (χ0) is 23.1. The maximum absolute atomic E-state index is 12.9. The van der Waals surface area contributed by atoms with Gasteiger partial charge >= 0.3 is 0 Å². The predicted octanol–water partition coefficient (Wildman–Crippen LogP) is 2.59. The van der Waals surface area contributed by atoms with Gasteiger partial charge in [-0.05, 0) is 45.4 Å². The average Bonchev–Trinajstić information content (AvgIpc) is 3.08. The number of anilines is 1. The van der Waals surface area contributed by atoms with E-state index in [1.165, 1.54) is 0 Å². The number of rotatable bonds is 9. The molecular formula is C24H35N5O3. The number of carbonyl (C=O) groups excluding carboxylic acids is 2. The number of hydrogen-bond acceptors (Lipinski definition) is 6. The minimum absolute atomic E-state index is 0.0825. The second kappa shape index (κ2) is 11.2. The van der Waals surface area contributed by atoms with Crippen molar-refractivity contribution in [1.29, 1.82) is 0 Å². The molecule has 1 aliphatic rings. The summed E-state index contributed by atoms with van der Waals surface area (Å²) < 4.78 is 5.26. The van der Waals surface area contributed by atoms with Crippen LogP contribution in [0, 0.1) is 20.8 Å². The van der Waals surface area contributed by atoms with Crippen molar-refractivity contribution in [3.63, 3.8) is 0 Å². The highest BCUT2D eigenvalue weighted by Gasteiger charge is 2.24. The van der Waals surface area contributed by atoms with Gasteiger partial charge in [0.2, 0.25) is 11.8 Å². The number of aryl methyl sites for hydroxylation is 3. The van der Waals surface area contributed by atoms with Crippen molar-refractivity contribution < 1.29 is 14.1 Å². The maximum Gasteiger partial charge on any atom is 0.238 e. The lowest BCUT2D eigenvalue weighted by Crippen LogP contribution is -2.51. The van der Waals surface area contributed by atoms with Crippen molar-refractivity contribution in [2.24, 2.45) is 0 Å². The number of para-hydroxylation sites is 1. The third-order valence-corrected chi connectivity index (χ3v) is 5.97. The molecule has 2 heterocycles. The van der Waals surface area contributed by atoms with E-state index in [1.807, 2.05) is 54.8 Å². The van der Waals surface area contributed by atoms with E-state index >= 15 is 0 Å². The van der Waals surface area contributed by atoms with Crippen LogP contribution in [0.3, 0.4) is 0 Å². The fourth-order valence-corrected chi connectivity index (χ4v) is 4.03. The van der Waals surface area contributed by atoms with Crippen LogP contribution in [0.4, 0.5) is 5.69 Å². The molecule has 3 rings (SSSR count). The highest BCUT2D eigenvalue weighted by molar-refractivity contribution is 5.93. The Kier molecular flexibility index (Phi) is 8.41. The molecule has 2 amide bonds. The van der Waals surface area contributed by atoms with Gasteiger partial charge in [0, 0.05) is 44.0 Å². The van der Waals surface area contributed by atoms with Gasteiger partial charge in [0.15, 0.2) is 0 Å². The van der Waals surface area contributed by atoms with E-state index in [0.717, 1.165) is 54.3 Å². The van der Waals surface area contributed by atoms with Crippen LogP contribution in [0.2, 0.25) is 0 Å². The van der Waals surface area contributed by atoms with Crippen molar-refractivity contribution in [1.82, 2.24) is 19.9 Å². The monoisotopic (exact) mass is 441 g/mol. The minimum Gasteiger partial charge on any atom is -0.361 e. The molecule has 1 aromatic heterocycles. The number of carbonyl (C=O) groups is 2. The molecule has 0 spiro atoms. The molecule has 1 saturated heterocycles. The van der Waals surface area contributed by atoms with Crippen LogP contribution in [0.15, 0.2) is 28.8 Å². The molecule has 174 valence electrons. The van der Waals surface area contributed by atoms with Crippen LogP contribution in [-0.4, -0.2) is 77.5 Å². The molecule has 2 aromatic rings. The van der Waals surface area contributed by atoms with Crippen molar-refractivity contribution >= 4 is 17.5 Å². The van der Waals surface area contributed by atoms with E-state index in [9.17, 15) is 9.59 Å². The van der Waals surface area contributed by atoms with Gasteiger partial charge in [-0.1, -0.05) is 30.3 Å². The molecule has 0 unspecified atom stereocenters. The highest BCUT2D eigenvalue weighted by Crippen LogP contribution is 2.16. The normalized spacial score (nSPS) is 14.7. The number of piperazine rings is 1. The second-order valence-corrected chi connectivity index (χ2v) is 8.53. The third-order valence-electron chi connectivity index (χ3n) is 5.97. The van der Waals surface area contributed by atoms with E-state index in [0.29, 0.717) is 19.6 Å². The van der Waals surface area contributed by atoms with E-state index < -0.39 is 0 Å². The van der Waals surface area contributed by atoms with Crippen molar-refractivity contribution in [2.45, 2.75) is 40.7 Å². The molecule has 32 heavy (non-hydrogen) atoms. The first-order valence-electron chi connectivity index (χ1n) is 11.4. The molecule has 1 aliphatic heterocycles. The summed E-state index contributed by atoms with van der Waals surface area (Å²) in [6.07, 6.45) is 0.885. The Balaban J connectivity index is 1.48. The van der Waals surface area contributed by atoms with Crippen LogP contribution >= 0.6 is 0 Å². The molecule has 0 atom stereocenters. The van der Waals surface area contributed by atoms with Crippen molar-refractivity contribution in [3.05, 3.63) is 46.8 Å². The predicted molar refractivity (Wildman–Crippen MR) is 124 cm³/mol. The van der Waals surface area contributed by atoms with Crippen LogP contribution in [-0.2, 0) is 16.1 Å². The zero-order valence-electron chi connectivity index (χ0n) is 19.7. The van der Waals surface area contributed by atoms with Gasteiger partial charge in [0.1, 0.15) is 5.76 Å². The highest BCUT2D eigenvalue weighted by atomic mass is 16.5. The van der Waals surface area contributed by atoms with Gasteiger partial charge in [-0.2, -0.15) is 0 Å². The molecule has 0 bridgehead atoms. The molecule has 8 nitrogen and oxygen atoms in total. The standard InChI is InChI=1S/C24H35N5O3/c1-5-10-28(16-23(30)25-22-9-7-6-8-18(22)2)17-24(31)29-13-11-27(12-14-29)15-21-19(3)26-32-20(21)4/h6-9H,5,10-17H2,1-4H3,(H,25,30). The summed E-state index contributed by atoms with van der Waals surface area (Å²) in [5.74, 6) is 0.851. The van der Waals surface area contributed by atoms with Gasteiger partial charge in [-0.15, -0.1) is 0 Å². The van der Waals surface area contributed by atoms with Crippen LogP contribution < -0.4 is 5.32 Å². The first-order valence-corrected chi connectivity index (χ1v) is 11.4. The molecular weight excluding hydrogens is 406 g/mol. The molecule has 0 saturated carbocycles. The van der Waals surface area contributed by atoms with Crippen molar-refractivity contribution in [2.75, 3.05) is 51.1 Å². The van der Waals surface area contributed by atoms with Crippen LogP contribution in [0.1, 0.15) is 35.9 Å². The lowest BCUT2D eigenvalue weighted by atomic mass is 10.1. The Morgan fingerprint density at radius 1 is 1.09 bits per heavy atom. The Hall–Kier alpha value is -2.71. The van der Waals surface area contributed by atoms with Gasteiger partial charge in [0.05, 0.1) is 18.8 Å². The third kappa shape index (κ3) is 6.40. The number of benzene rings is 1. The molecule has 1 N–H and O–H groups in total. The summed E-state index contributed by atoms with van der Waals surface area (Å²) in [5, 5.41) is 6.99. The number of amides is 2. The summed E-state index contributed by atoms with van der Waals surface area (Å²) >= 11 is 0. The van der Waals surface area contributed by atoms with E-state index in [1.54, 1.807) is 0 Å². The SMILES string of the molecule is CCCN(CC(=O)Nc1ccccc1C)CC(=O)N1CCN(Cc2c(C)noc2C)CC1. The summed E-state index contributed by atoms with van der Waals surface area (Å²) in [4.78, 5) is 31.7. The lowest BCUT2D eigenvalue weighted by molar-refractivity contribution is -0.134. The molecule has 0 radical (unpaired) electrons. The summed E-state index contributed by atoms with van der Waals surface area (Å²) in [7, 11) is 0. The Morgan fingerprint density at radius 3 is 2.44 bits per heavy atom. The first kappa shape index (κ1) is 23.9. The number of nitrogens with one attached hydrogen (secondary N) is 1. The number of nitrogens with zero attached hydrogens (tertiary/aromatic N) is 4. The maximum atomic E-state index is 12.9. The van der Waals surface area contributed by atoms with Gasteiger partial charge in [-0.3, -0.25) is 19.4 Å². The van der Waals surface area contributed by atoms with Gasteiger partial charge in [-0.25, -0.2) is 0 Å². The fraction of sp³-hybridized carbons (Fsp3) is 0.542. The Morgan fingerprint density at radius 2 is 1.81 bits per heavy atom. The topological polar surface area (TPSA) is 81.9 Å². The summed E-state index contributed by atoms with van der Waals surface area (Å²) in [6, 6.07) is 7.71. The van der Waals surface area contributed by atoms with Gasteiger partial charge < -0.3 is 14.7 Å². The van der Waals surface area contributed by atoms with E-state index in [4.69, 9.17) is 4.52 Å². The number of aromatic nitrogens is 1. The zero-order valence-corrected chi connectivity index (χ0v) is 19.7. The van der Waals surface area contributed by atoms with Crippen LogP contribution in [0.5, 0.6) is 0 Å². The lowest BCUT2D eigenvalue weighted by Gasteiger charge is -2.35. The fourth-order valence-electron chi connectivity index (χ4n) is 4.03. The summed E-state index contributed by atoms with van der Waals surface area (Å²) in [6.45, 7) is 12.9. The van der Waals surface area contributed by atoms with Crippen molar-refractivity contribution in [3.8, 4) is 0 Å². The number of hydrogen-bond donors (Lipinski definition) is 1. The van der Waals surface area contributed by atoms with E-state index in [2.05, 4.69) is 22.3 Å². The largest absolute Gasteiger partial charge is 0.361 e. The van der Waals surface area contributed by atoms with E-state index in [-0.39, 0.29) is 24.9 Å². The first-order chi connectivity index (χ1) is 15.4. The smallest absolute Gasteiger partial charge is 0.238 e. The second-order valence-electron chi connectivity index (χ2n) is 8.53. The Bertz CT molecular complexity index is 899. The van der Waals surface area contributed by atoms with Crippen LogP contribution in [0.25, 0.3) is 0 Å². The van der Waals surface area contributed by atoms with Gasteiger partial charge in [0.25, 0.3) is 0 Å². The minimum atomic E-state index is -0.0927. The summed E-state index contributed by atoms with van der Waals surface area (Å²) in [5.41, 5.74) is 3.90. The molecule has 1 fully saturated rings. The molecule has 1 aromatic carbocycles. The molecule has 0 aliphatic carbocycles. The molecule has 8 heteroatoms.